The van der Waals surface area contributed by atoms with E-state index in [1.54, 1.807) is 6.08 Å². The van der Waals surface area contributed by atoms with Gasteiger partial charge in [0, 0.05) is 25.7 Å². The van der Waals surface area contributed by atoms with Crippen LogP contribution in [-0.2, 0) is 9.59 Å². The van der Waals surface area contributed by atoms with E-state index in [4.69, 9.17) is 5.26 Å². The fourth-order valence-corrected chi connectivity index (χ4v) is 3.50. The Morgan fingerprint density at radius 2 is 2.06 bits per heavy atom. The van der Waals surface area contributed by atoms with Gasteiger partial charge in [0.05, 0.1) is 11.8 Å². The maximum absolute atomic E-state index is 12.9. The number of rotatable bonds is 9. The summed E-state index contributed by atoms with van der Waals surface area (Å²) in [5.74, 6) is -2.08. The number of alkyl halides is 5. The molecule has 33 heavy (non-hydrogen) atoms. The highest BCUT2D eigenvalue weighted by atomic mass is 19.4. The van der Waals surface area contributed by atoms with Crippen LogP contribution in [0.25, 0.3) is 0 Å². The van der Waals surface area contributed by atoms with E-state index < -0.39 is 48.8 Å². The molecule has 0 bridgehead atoms. The number of allylic oxidation sites excluding steroid dienone is 2. The zero-order chi connectivity index (χ0) is 24.8. The molecule has 1 unspecified atom stereocenters. The van der Waals surface area contributed by atoms with Crippen LogP contribution in [0.5, 0.6) is 0 Å². The highest BCUT2D eigenvalue weighted by molar-refractivity contribution is 6.01. The van der Waals surface area contributed by atoms with Gasteiger partial charge in [-0.3, -0.25) is 14.5 Å². The quantitative estimate of drug-likeness (QED) is 0.300. The lowest BCUT2D eigenvalue weighted by Gasteiger charge is -2.25. The molecule has 1 fully saturated rings. The molecule has 182 valence electrons. The average molecular weight is 474 g/mol. The van der Waals surface area contributed by atoms with Crippen molar-refractivity contribution in [3.05, 3.63) is 23.9 Å². The molecule has 0 spiro atoms. The maximum Gasteiger partial charge on any atom is 0.389 e. The van der Waals surface area contributed by atoms with Crippen LogP contribution in [0.3, 0.4) is 0 Å². The predicted molar refractivity (Wildman–Crippen MR) is 111 cm³/mol. The molecule has 2 amide bonds. The van der Waals surface area contributed by atoms with Crippen LogP contribution in [0.4, 0.5) is 22.0 Å². The molecule has 6 nitrogen and oxygen atoms in total. The third-order valence-electron chi connectivity index (χ3n) is 5.64. The molecule has 2 rings (SSSR count). The smallest absolute Gasteiger partial charge is 0.336 e. The first-order chi connectivity index (χ1) is 15.4. The SMILES string of the molecule is C=C(N=C(CCCC(F)(F)F)N(CC(=O)NC1(C#N)CC1)C(C)=O)C1=CCC(C(F)F)CC1. The zero-order valence-corrected chi connectivity index (χ0v) is 18.4. The third-order valence-corrected chi connectivity index (χ3v) is 5.64. The van der Waals surface area contributed by atoms with Crippen molar-refractivity contribution in [1.29, 1.82) is 5.26 Å². The van der Waals surface area contributed by atoms with Crippen molar-refractivity contribution < 1.29 is 31.5 Å². The van der Waals surface area contributed by atoms with Gasteiger partial charge in [0.25, 0.3) is 0 Å². The molecular weight excluding hydrogens is 447 g/mol. The van der Waals surface area contributed by atoms with Crippen LogP contribution < -0.4 is 5.32 Å². The van der Waals surface area contributed by atoms with Gasteiger partial charge in [0.1, 0.15) is 17.9 Å². The summed E-state index contributed by atoms with van der Waals surface area (Å²) >= 11 is 0. The summed E-state index contributed by atoms with van der Waals surface area (Å²) in [6.07, 6.45) is -5.42. The zero-order valence-electron chi connectivity index (χ0n) is 18.4. The summed E-state index contributed by atoms with van der Waals surface area (Å²) in [5, 5.41) is 11.7. The molecule has 1 atom stereocenters. The van der Waals surface area contributed by atoms with Gasteiger partial charge in [-0.1, -0.05) is 12.7 Å². The van der Waals surface area contributed by atoms with Crippen molar-refractivity contribution in [2.75, 3.05) is 6.54 Å². The molecular formula is C22H27F5N4O2. The van der Waals surface area contributed by atoms with Gasteiger partial charge >= 0.3 is 6.18 Å². The Morgan fingerprint density at radius 3 is 2.52 bits per heavy atom. The number of aliphatic imine (C=N–C) groups is 1. The Labute approximate surface area is 189 Å². The van der Waals surface area contributed by atoms with Gasteiger partial charge in [0.15, 0.2) is 0 Å². The molecule has 0 aliphatic heterocycles. The Morgan fingerprint density at radius 1 is 1.39 bits per heavy atom. The molecule has 2 aliphatic carbocycles. The molecule has 0 radical (unpaired) electrons. The van der Waals surface area contributed by atoms with Gasteiger partial charge in [-0.25, -0.2) is 13.8 Å². The molecule has 11 heteroatoms. The second kappa shape index (κ2) is 10.9. The van der Waals surface area contributed by atoms with Crippen LogP contribution in [0.15, 0.2) is 28.9 Å². The highest BCUT2D eigenvalue weighted by Gasteiger charge is 2.45. The molecule has 2 aliphatic rings. The first kappa shape index (κ1) is 26.5. The number of nitrogens with zero attached hydrogens (tertiary/aromatic N) is 3. The van der Waals surface area contributed by atoms with E-state index >= 15 is 0 Å². The van der Waals surface area contributed by atoms with E-state index in [1.807, 2.05) is 6.07 Å². The standard InChI is InChI=1S/C22H27F5N4O2/c1-14(16-5-7-17(8-6-16)20(23)24)29-18(4-3-9-22(25,26)27)31(15(2)32)12-19(33)30-21(13-28)10-11-21/h5,17,20H,1,3-4,6-12H2,2H3,(H,30,33). The van der Waals surface area contributed by atoms with Crippen molar-refractivity contribution >= 4 is 17.6 Å². The van der Waals surface area contributed by atoms with Crippen molar-refractivity contribution in [1.82, 2.24) is 10.2 Å². The van der Waals surface area contributed by atoms with Crippen molar-refractivity contribution in [2.45, 2.75) is 76.4 Å². The maximum atomic E-state index is 12.9. The molecule has 0 aromatic carbocycles. The summed E-state index contributed by atoms with van der Waals surface area (Å²) in [6, 6.07) is 1.99. The molecule has 1 saturated carbocycles. The number of carbonyl (C=O) groups excluding carboxylic acids is 2. The lowest BCUT2D eigenvalue weighted by Crippen LogP contribution is -2.46. The largest absolute Gasteiger partial charge is 0.389 e. The molecule has 0 aromatic heterocycles. The lowest BCUT2D eigenvalue weighted by molar-refractivity contribution is -0.135. The first-order valence-corrected chi connectivity index (χ1v) is 10.7. The van der Waals surface area contributed by atoms with E-state index in [0.29, 0.717) is 18.4 Å². The summed E-state index contributed by atoms with van der Waals surface area (Å²) in [5.41, 5.74) is -0.230. The molecule has 1 N–H and O–H groups in total. The first-order valence-electron chi connectivity index (χ1n) is 10.7. The molecule has 0 heterocycles. The number of amidine groups is 1. The number of halogens is 5. The summed E-state index contributed by atoms with van der Waals surface area (Å²) in [6.45, 7) is 4.44. The second-order valence-corrected chi connectivity index (χ2v) is 8.39. The summed E-state index contributed by atoms with van der Waals surface area (Å²) in [7, 11) is 0. The number of hydrogen-bond acceptors (Lipinski definition) is 4. The van der Waals surface area contributed by atoms with Crippen molar-refractivity contribution in [2.24, 2.45) is 10.9 Å². The number of nitriles is 1. The van der Waals surface area contributed by atoms with E-state index in [0.717, 1.165) is 11.8 Å². The monoisotopic (exact) mass is 474 g/mol. The van der Waals surface area contributed by atoms with Gasteiger partial charge in [-0.05, 0) is 44.1 Å². The predicted octanol–water partition coefficient (Wildman–Crippen LogP) is 4.64. The second-order valence-electron chi connectivity index (χ2n) is 8.39. The van der Waals surface area contributed by atoms with Crippen LogP contribution >= 0.6 is 0 Å². The number of nitrogens with one attached hydrogen (secondary N) is 1. The van der Waals surface area contributed by atoms with Gasteiger partial charge in [-0.2, -0.15) is 18.4 Å². The minimum absolute atomic E-state index is 0.0643. The molecule has 0 saturated heterocycles. The topological polar surface area (TPSA) is 85.6 Å². The Hall–Kier alpha value is -2.77. The lowest BCUT2D eigenvalue weighted by atomic mass is 9.89. The Kier molecular flexibility index (Phi) is 8.75. The minimum atomic E-state index is -4.40. The van der Waals surface area contributed by atoms with Gasteiger partial charge in [0.2, 0.25) is 18.2 Å². The van der Waals surface area contributed by atoms with Crippen LogP contribution in [-0.4, -0.2) is 47.2 Å². The van der Waals surface area contributed by atoms with E-state index in [9.17, 15) is 31.5 Å². The number of hydrogen-bond donors (Lipinski definition) is 1. The van der Waals surface area contributed by atoms with Crippen molar-refractivity contribution in [3.8, 4) is 6.07 Å². The minimum Gasteiger partial charge on any atom is -0.336 e. The van der Waals surface area contributed by atoms with Crippen LogP contribution in [0, 0.1) is 17.2 Å². The van der Waals surface area contributed by atoms with Gasteiger partial charge < -0.3 is 5.32 Å². The average Bonchev–Trinajstić information content (AvgIpc) is 3.50. The van der Waals surface area contributed by atoms with E-state index in [2.05, 4.69) is 16.9 Å². The fourth-order valence-electron chi connectivity index (χ4n) is 3.50. The van der Waals surface area contributed by atoms with E-state index in [1.165, 1.54) is 0 Å². The van der Waals surface area contributed by atoms with Gasteiger partial charge in [-0.15, -0.1) is 0 Å². The highest BCUT2D eigenvalue weighted by Crippen LogP contribution is 2.34. The summed E-state index contributed by atoms with van der Waals surface area (Å²) in [4.78, 5) is 29.9. The van der Waals surface area contributed by atoms with Crippen LogP contribution in [0.1, 0.15) is 58.3 Å². The normalized spacial score (nSPS) is 20.0. The third kappa shape index (κ3) is 8.26. The Bertz CT molecular complexity index is 869. The Balaban J connectivity index is 2.20. The van der Waals surface area contributed by atoms with E-state index in [-0.39, 0.29) is 43.6 Å². The number of carbonyl (C=O) groups is 2. The van der Waals surface area contributed by atoms with Crippen molar-refractivity contribution in [3.63, 3.8) is 0 Å². The molecule has 0 aromatic rings. The summed E-state index contributed by atoms with van der Waals surface area (Å²) < 4.78 is 63.7. The van der Waals surface area contributed by atoms with Crippen LogP contribution in [0.2, 0.25) is 0 Å². The fraction of sp³-hybridized carbons (Fsp3) is 0.636. The number of amides is 2.